The molecule has 1 heterocycles. The Morgan fingerprint density at radius 1 is 1.14 bits per heavy atom. The summed E-state index contributed by atoms with van der Waals surface area (Å²) in [5.74, 6) is 0.128. The van der Waals surface area contributed by atoms with Crippen molar-refractivity contribution in [2.24, 2.45) is 5.92 Å². The molecule has 0 aliphatic carbocycles. The van der Waals surface area contributed by atoms with Gasteiger partial charge in [-0.2, -0.15) is 0 Å². The number of para-hydroxylation sites is 1. The summed E-state index contributed by atoms with van der Waals surface area (Å²) in [6.07, 6.45) is 0.687. The highest BCUT2D eigenvalue weighted by molar-refractivity contribution is 6.46. The Kier molecular flexibility index (Phi) is 8.57. The molecule has 1 aliphatic rings. The van der Waals surface area contributed by atoms with Crippen LogP contribution >= 0.6 is 0 Å². The van der Waals surface area contributed by atoms with E-state index in [0.717, 1.165) is 12.1 Å². The molecule has 35 heavy (non-hydrogen) atoms. The van der Waals surface area contributed by atoms with Gasteiger partial charge in [-0.3, -0.25) is 9.59 Å². The second-order valence-corrected chi connectivity index (χ2v) is 9.57. The topological polar surface area (TPSA) is 79.3 Å². The van der Waals surface area contributed by atoms with Crippen molar-refractivity contribution in [1.82, 2.24) is 9.80 Å². The van der Waals surface area contributed by atoms with E-state index in [4.69, 9.17) is 9.47 Å². The number of nitrogens with zero attached hydrogens (tertiary/aromatic N) is 2. The molecule has 0 radical (unpaired) electrons. The van der Waals surface area contributed by atoms with Crippen molar-refractivity contribution in [2.45, 2.75) is 33.2 Å². The molecule has 0 aromatic heterocycles. The number of Topliss-reactive ketones (excluding diaryl/α,β-unsaturated/α-hetero) is 1. The molecule has 1 N–H and O–H groups in total. The zero-order chi connectivity index (χ0) is 25.7. The number of aliphatic hydroxyl groups excluding tert-OH is 1. The minimum atomic E-state index is -0.746. The van der Waals surface area contributed by atoms with Crippen LogP contribution < -0.4 is 9.47 Å². The van der Waals surface area contributed by atoms with Gasteiger partial charge in [-0.15, -0.1) is 0 Å². The maximum atomic E-state index is 13.3. The standard InChI is InChI=1S/C28H36N2O5/c1-18(2)17-35-20-12-13-21(19(3)16-20)26(31)24-25(22-10-7-8-11-23(22)34-6)30(28(33)27(24)32)15-9-14-29(4)5/h7-8,10-13,16,18,25,31H,9,14-15,17H2,1-6H3/b26-24+/t25-/m0/s1. The van der Waals surface area contributed by atoms with Gasteiger partial charge >= 0.3 is 0 Å². The lowest BCUT2D eigenvalue weighted by Gasteiger charge is -2.27. The van der Waals surface area contributed by atoms with Crippen LogP contribution in [-0.4, -0.2) is 67.5 Å². The van der Waals surface area contributed by atoms with Gasteiger partial charge in [-0.05, 0) is 69.7 Å². The number of hydrogen-bond donors (Lipinski definition) is 1. The Labute approximate surface area is 207 Å². The molecule has 7 nitrogen and oxygen atoms in total. The van der Waals surface area contributed by atoms with Crippen LogP contribution in [0.5, 0.6) is 11.5 Å². The molecule has 0 bridgehead atoms. The Bertz CT molecular complexity index is 1110. The highest BCUT2D eigenvalue weighted by Crippen LogP contribution is 2.43. The Hall–Kier alpha value is -3.32. The summed E-state index contributed by atoms with van der Waals surface area (Å²) in [6.45, 7) is 7.71. The van der Waals surface area contributed by atoms with Gasteiger partial charge in [0.25, 0.3) is 11.7 Å². The number of carbonyl (C=O) groups is 2. The Balaban J connectivity index is 2.09. The lowest BCUT2D eigenvalue weighted by molar-refractivity contribution is -0.140. The molecule has 1 fully saturated rings. The van der Waals surface area contributed by atoms with Gasteiger partial charge in [0.05, 0.1) is 25.3 Å². The van der Waals surface area contributed by atoms with Crippen LogP contribution in [0.1, 0.15) is 43.0 Å². The SMILES string of the molecule is COc1ccccc1[C@H]1/C(=C(\O)c2ccc(OCC(C)C)cc2C)C(=O)C(=O)N1CCCN(C)C. The van der Waals surface area contributed by atoms with Crippen molar-refractivity contribution in [3.8, 4) is 11.5 Å². The summed E-state index contributed by atoms with van der Waals surface area (Å²) in [5.41, 5.74) is 1.98. The van der Waals surface area contributed by atoms with Crippen LogP contribution in [0.15, 0.2) is 48.0 Å². The second-order valence-electron chi connectivity index (χ2n) is 9.57. The summed E-state index contributed by atoms with van der Waals surface area (Å²) in [4.78, 5) is 30.0. The molecular formula is C28H36N2O5. The van der Waals surface area contributed by atoms with Gasteiger partial charge in [-0.25, -0.2) is 0 Å². The smallest absolute Gasteiger partial charge is 0.295 e. The maximum absolute atomic E-state index is 13.3. The molecule has 188 valence electrons. The summed E-state index contributed by atoms with van der Waals surface area (Å²) < 4.78 is 11.4. The fraction of sp³-hybridized carbons (Fsp3) is 0.429. The predicted molar refractivity (Wildman–Crippen MR) is 137 cm³/mol. The van der Waals surface area contributed by atoms with Crippen LogP contribution in [0.3, 0.4) is 0 Å². The van der Waals surface area contributed by atoms with Gasteiger partial charge in [0.15, 0.2) is 0 Å². The highest BCUT2D eigenvalue weighted by atomic mass is 16.5. The van der Waals surface area contributed by atoms with Crippen LogP contribution in [0, 0.1) is 12.8 Å². The molecule has 1 aliphatic heterocycles. The summed E-state index contributed by atoms with van der Waals surface area (Å²) in [7, 11) is 5.48. The lowest BCUT2D eigenvalue weighted by atomic mass is 9.93. The minimum Gasteiger partial charge on any atom is -0.507 e. The van der Waals surface area contributed by atoms with E-state index in [1.807, 2.05) is 50.2 Å². The molecule has 1 atom stereocenters. The van der Waals surface area contributed by atoms with E-state index in [2.05, 4.69) is 13.8 Å². The predicted octanol–water partition coefficient (Wildman–Crippen LogP) is 4.41. The first-order valence-electron chi connectivity index (χ1n) is 12.0. The monoisotopic (exact) mass is 480 g/mol. The van der Waals surface area contributed by atoms with Crippen molar-refractivity contribution < 1.29 is 24.2 Å². The van der Waals surface area contributed by atoms with E-state index in [-0.39, 0.29) is 11.3 Å². The third kappa shape index (κ3) is 5.85. The van der Waals surface area contributed by atoms with Crippen molar-refractivity contribution in [3.63, 3.8) is 0 Å². The molecule has 0 saturated carbocycles. The van der Waals surface area contributed by atoms with E-state index in [9.17, 15) is 14.7 Å². The van der Waals surface area contributed by atoms with Crippen LogP contribution in [0.2, 0.25) is 0 Å². The molecule has 2 aromatic carbocycles. The number of rotatable bonds is 10. The first-order chi connectivity index (χ1) is 16.6. The number of methoxy groups -OCH3 is 1. The van der Waals surface area contributed by atoms with Crippen molar-refractivity contribution in [2.75, 3.05) is 40.9 Å². The van der Waals surface area contributed by atoms with E-state index in [0.29, 0.717) is 48.1 Å². The quantitative estimate of drug-likeness (QED) is 0.308. The highest BCUT2D eigenvalue weighted by Gasteiger charge is 2.46. The van der Waals surface area contributed by atoms with Gasteiger partial charge in [0.2, 0.25) is 0 Å². The minimum absolute atomic E-state index is 0.0725. The van der Waals surface area contributed by atoms with Gasteiger partial charge < -0.3 is 24.4 Å². The van der Waals surface area contributed by atoms with Crippen molar-refractivity contribution >= 4 is 17.4 Å². The van der Waals surface area contributed by atoms with Crippen LogP contribution in [0.4, 0.5) is 0 Å². The molecule has 3 rings (SSSR count). The summed E-state index contributed by atoms with van der Waals surface area (Å²) >= 11 is 0. The molecule has 7 heteroatoms. The molecule has 1 saturated heterocycles. The van der Waals surface area contributed by atoms with E-state index in [1.54, 1.807) is 30.2 Å². The average Bonchev–Trinajstić information content (AvgIpc) is 3.07. The number of carbonyl (C=O) groups excluding carboxylic acids is 2. The average molecular weight is 481 g/mol. The third-order valence-corrected chi connectivity index (χ3v) is 6.01. The fourth-order valence-electron chi connectivity index (χ4n) is 4.28. The zero-order valence-corrected chi connectivity index (χ0v) is 21.5. The molecule has 0 unspecified atom stereocenters. The molecular weight excluding hydrogens is 444 g/mol. The maximum Gasteiger partial charge on any atom is 0.295 e. The fourth-order valence-corrected chi connectivity index (χ4v) is 4.28. The largest absolute Gasteiger partial charge is 0.507 e. The number of benzene rings is 2. The van der Waals surface area contributed by atoms with E-state index in [1.165, 1.54) is 0 Å². The van der Waals surface area contributed by atoms with Crippen LogP contribution in [0.25, 0.3) is 5.76 Å². The van der Waals surface area contributed by atoms with Crippen molar-refractivity contribution in [1.29, 1.82) is 0 Å². The normalized spacial score (nSPS) is 17.5. The summed E-state index contributed by atoms with van der Waals surface area (Å²) in [6, 6.07) is 11.9. The third-order valence-electron chi connectivity index (χ3n) is 6.01. The molecule has 2 aromatic rings. The van der Waals surface area contributed by atoms with Gasteiger partial charge in [-0.1, -0.05) is 32.0 Å². The number of likely N-dealkylation sites (tertiary alicyclic amines) is 1. The number of ketones is 1. The van der Waals surface area contributed by atoms with Crippen molar-refractivity contribution in [3.05, 3.63) is 64.7 Å². The number of ether oxygens (including phenoxy) is 2. The number of hydrogen-bond acceptors (Lipinski definition) is 6. The van der Waals surface area contributed by atoms with Crippen LogP contribution in [-0.2, 0) is 9.59 Å². The Morgan fingerprint density at radius 3 is 2.49 bits per heavy atom. The Morgan fingerprint density at radius 2 is 1.86 bits per heavy atom. The zero-order valence-electron chi connectivity index (χ0n) is 21.5. The second kappa shape index (κ2) is 11.4. The lowest BCUT2D eigenvalue weighted by Crippen LogP contribution is -2.32. The van der Waals surface area contributed by atoms with E-state index < -0.39 is 17.7 Å². The first-order valence-corrected chi connectivity index (χ1v) is 12.0. The number of aliphatic hydroxyl groups is 1. The van der Waals surface area contributed by atoms with E-state index >= 15 is 0 Å². The summed E-state index contributed by atoms with van der Waals surface area (Å²) in [5, 5.41) is 11.4. The molecule has 0 spiro atoms. The van der Waals surface area contributed by atoms with Gasteiger partial charge in [0, 0.05) is 17.7 Å². The molecule has 1 amide bonds. The number of amides is 1. The van der Waals surface area contributed by atoms with Gasteiger partial charge in [0.1, 0.15) is 17.3 Å². The number of aryl methyl sites for hydroxylation is 1. The first kappa shape index (κ1) is 26.3.